The number of aliphatic hydroxyl groups is 1. The number of hydrogen-bond acceptors (Lipinski definition) is 4. The third-order valence-electron chi connectivity index (χ3n) is 3.25. The maximum atomic E-state index is 12.5. The molecule has 1 fully saturated rings. The zero-order valence-corrected chi connectivity index (χ0v) is 10.8. The first kappa shape index (κ1) is 13.6. The van der Waals surface area contributed by atoms with Crippen molar-refractivity contribution in [2.75, 3.05) is 18.0 Å². The number of rotatable bonds is 2. The van der Waals surface area contributed by atoms with Crippen molar-refractivity contribution < 1.29 is 18.3 Å². The van der Waals surface area contributed by atoms with Crippen molar-refractivity contribution in [2.45, 2.75) is 32.5 Å². The lowest BCUT2D eigenvalue weighted by molar-refractivity contribution is -0.179. The Balaban J connectivity index is 2.01. The minimum atomic E-state index is -4.08. The summed E-state index contributed by atoms with van der Waals surface area (Å²) >= 11 is 1.36. The summed E-state index contributed by atoms with van der Waals surface area (Å²) in [5, 5.41) is 9.80. The smallest absolute Gasteiger partial charge is 0.391 e. The predicted octanol–water partition coefficient (Wildman–Crippen LogP) is 2.72. The molecule has 0 bridgehead atoms. The van der Waals surface area contributed by atoms with Crippen molar-refractivity contribution in [3.8, 4) is 0 Å². The van der Waals surface area contributed by atoms with Gasteiger partial charge in [0, 0.05) is 13.1 Å². The van der Waals surface area contributed by atoms with Crippen molar-refractivity contribution in [3.63, 3.8) is 0 Å². The third kappa shape index (κ3) is 2.77. The van der Waals surface area contributed by atoms with Crippen LogP contribution in [0.15, 0.2) is 0 Å². The fraction of sp³-hybridized carbons (Fsp3) is 0.727. The van der Waals surface area contributed by atoms with Gasteiger partial charge < -0.3 is 10.0 Å². The Labute approximate surface area is 107 Å². The highest BCUT2D eigenvalue weighted by molar-refractivity contribution is 7.15. The van der Waals surface area contributed by atoms with Gasteiger partial charge in [0.2, 0.25) is 0 Å². The minimum Gasteiger partial charge on any atom is -0.391 e. The second-order valence-electron chi connectivity index (χ2n) is 4.47. The van der Waals surface area contributed by atoms with Crippen molar-refractivity contribution in [3.05, 3.63) is 10.6 Å². The SMILES string of the molecule is Cc1nc(N2CCC(C(F)(F)F)CC2)sc1CO. The van der Waals surface area contributed by atoms with E-state index in [1.807, 2.05) is 4.90 Å². The van der Waals surface area contributed by atoms with Crippen LogP contribution in [0.4, 0.5) is 18.3 Å². The molecule has 0 aliphatic carbocycles. The number of aromatic nitrogens is 1. The second kappa shape index (κ2) is 5.05. The van der Waals surface area contributed by atoms with Crippen LogP contribution < -0.4 is 4.90 Å². The molecule has 1 aromatic rings. The molecular formula is C11H15F3N2OS. The van der Waals surface area contributed by atoms with Crippen LogP contribution in [-0.4, -0.2) is 29.4 Å². The Hall–Kier alpha value is -0.820. The van der Waals surface area contributed by atoms with Crippen LogP contribution in [0.3, 0.4) is 0 Å². The summed E-state index contributed by atoms with van der Waals surface area (Å²) in [5.41, 5.74) is 0.760. The van der Waals surface area contributed by atoms with Crippen LogP contribution in [0, 0.1) is 12.8 Å². The van der Waals surface area contributed by atoms with E-state index < -0.39 is 12.1 Å². The quantitative estimate of drug-likeness (QED) is 0.905. The molecule has 1 N–H and O–H groups in total. The Morgan fingerprint density at radius 3 is 2.44 bits per heavy atom. The van der Waals surface area contributed by atoms with E-state index in [9.17, 15) is 13.2 Å². The summed E-state index contributed by atoms with van der Waals surface area (Å²) in [6.07, 6.45) is -3.84. The number of aliphatic hydroxyl groups excluding tert-OH is 1. The Morgan fingerprint density at radius 2 is 2.00 bits per heavy atom. The fourth-order valence-electron chi connectivity index (χ4n) is 2.09. The molecule has 3 nitrogen and oxygen atoms in total. The number of thiazole rings is 1. The molecule has 0 amide bonds. The molecule has 1 aliphatic heterocycles. The molecule has 0 unspecified atom stereocenters. The molecule has 1 aliphatic rings. The first-order valence-electron chi connectivity index (χ1n) is 5.80. The number of halogens is 3. The highest BCUT2D eigenvalue weighted by Crippen LogP contribution is 2.36. The lowest BCUT2D eigenvalue weighted by atomic mass is 9.97. The van der Waals surface area contributed by atoms with Gasteiger partial charge in [-0.3, -0.25) is 0 Å². The van der Waals surface area contributed by atoms with Crippen molar-refractivity contribution in [1.82, 2.24) is 4.98 Å². The van der Waals surface area contributed by atoms with E-state index in [1.165, 1.54) is 11.3 Å². The zero-order chi connectivity index (χ0) is 13.3. The van der Waals surface area contributed by atoms with Gasteiger partial charge in [0.05, 0.1) is 23.1 Å². The molecule has 0 radical (unpaired) electrons. The highest BCUT2D eigenvalue weighted by Gasteiger charge is 2.41. The standard InChI is InChI=1S/C11H15F3N2OS/c1-7-9(6-17)18-10(15-7)16-4-2-8(3-5-16)11(12,13)14/h8,17H,2-6H2,1H3. The topological polar surface area (TPSA) is 36.4 Å². The molecule has 0 saturated carbocycles. The van der Waals surface area contributed by atoms with Gasteiger partial charge in [-0.25, -0.2) is 4.98 Å². The molecule has 0 aromatic carbocycles. The molecule has 0 spiro atoms. The molecule has 1 aromatic heterocycles. The van der Waals surface area contributed by atoms with Crippen molar-refractivity contribution in [2.24, 2.45) is 5.92 Å². The van der Waals surface area contributed by atoms with Gasteiger partial charge in [-0.05, 0) is 19.8 Å². The van der Waals surface area contributed by atoms with E-state index >= 15 is 0 Å². The minimum absolute atomic E-state index is 0.0669. The molecule has 2 heterocycles. The summed E-state index contributed by atoms with van der Waals surface area (Å²) in [6.45, 7) is 2.49. The van der Waals surface area contributed by atoms with E-state index in [-0.39, 0.29) is 19.4 Å². The van der Waals surface area contributed by atoms with Crippen molar-refractivity contribution >= 4 is 16.5 Å². The number of anilines is 1. The monoisotopic (exact) mass is 280 g/mol. The molecule has 102 valence electrons. The third-order valence-corrected chi connectivity index (χ3v) is 4.46. The first-order chi connectivity index (χ1) is 8.41. The van der Waals surface area contributed by atoms with E-state index in [0.29, 0.717) is 13.1 Å². The average Bonchev–Trinajstić information content (AvgIpc) is 2.69. The van der Waals surface area contributed by atoms with E-state index in [0.717, 1.165) is 15.7 Å². The van der Waals surface area contributed by atoms with E-state index in [1.54, 1.807) is 6.92 Å². The summed E-state index contributed by atoms with van der Waals surface area (Å²) in [4.78, 5) is 6.95. The summed E-state index contributed by atoms with van der Waals surface area (Å²) in [5.74, 6) is -1.19. The molecule has 7 heteroatoms. The zero-order valence-electron chi connectivity index (χ0n) is 10.00. The van der Waals surface area contributed by atoms with Gasteiger partial charge in [0.25, 0.3) is 0 Å². The van der Waals surface area contributed by atoms with Crippen LogP contribution in [0.5, 0.6) is 0 Å². The van der Waals surface area contributed by atoms with Crippen LogP contribution in [-0.2, 0) is 6.61 Å². The van der Waals surface area contributed by atoms with Gasteiger partial charge in [-0.2, -0.15) is 13.2 Å². The lowest BCUT2D eigenvalue weighted by Crippen LogP contribution is -2.38. The van der Waals surface area contributed by atoms with E-state index in [2.05, 4.69) is 4.98 Å². The van der Waals surface area contributed by atoms with Gasteiger partial charge in [-0.15, -0.1) is 0 Å². The first-order valence-corrected chi connectivity index (χ1v) is 6.62. The number of alkyl halides is 3. The highest BCUT2D eigenvalue weighted by atomic mass is 32.1. The van der Waals surface area contributed by atoms with E-state index in [4.69, 9.17) is 5.11 Å². The Bertz CT molecular complexity index is 411. The number of piperidine rings is 1. The number of hydrogen-bond donors (Lipinski definition) is 1. The van der Waals surface area contributed by atoms with Crippen LogP contribution in [0.1, 0.15) is 23.4 Å². The van der Waals surface area contributed by atoms with Crippen molar-refractivity contribution in [1.29, 1.82) is 0 Å². The maximum Gasteiger partial charge on any atom is 0.391 e. The summed E-state index contributed by atoms with van der Waals surface area (Å²) < 4.78 is 37.6. The second-order valence-corrected chi connectivity index (χ2v) is 5.53. The molecule has 0 atom stereocenters. The molecular weight excluding hydrogens is 265 g/mol. The number of nitrogens with zero attached hydrogens (tertiary/aromatic N) is 2. The summed E-state index contributed by atoms with van der Waals surface area (Å²) in [6, 6.07) is 0. The normalized spacial score (nSPS) is 18.4. The van der Waals surface area contributed by atoms with Gasteiger partial charge in [0.1, 0.15) is 0 Å². The Morgan fingerprint density at radius 1 is 1.39 bits per heavy atom. The molecule has 18 heavy (non-hydrogen) atoms. The largest absolute Gasteiger partial charge is 0.391 e. The molecule has 2 rings (SSSR count). The lowest BCUT2D eigenvalue weighted by Gasteiger charge is -2.32. The van der Waals surface area contributed by atoms with Crippen LogP contribution >= 0.6 is 11.3 Å². The predicted molar refractivity (Wildman–Crippen MR) is 63.8 cm³/mol. The van der Waals surface area contributed by atoms with Crippen LogP contribution in [0.25, 0.3) is 0 Å². The fourth-order valence-corrected chi connectivity index (χ4v) is 3.07. The van der Waals surface area contributed by atoms with Gasteiger partial charge in [-0.1, -0.05) is 11.3 Å². The number of aryl methyl sites for hydroxylation is 1. The maximum absolute atomic E-state index is 12.5. The molecule has 1 saturated heterocycles. The van der Waals surface area contributed by atoms with Gasteiger partial charge in [0.15, 0.2) is 5.13 Å². The Kier molecular flexibility index (Phi) is 3.82. The van der Waals surface area contributed by atoms with Crippen LogP contribution in [0.2, 0.25) is 0 Å². The summed E-state index contributed by atoms with van der Waals surface area (Å²) in [7, 11) is 0. The van der Waals surface area contributed by atoms with Gasteiger partial charge >= 0.3 is 6.18 Å². The average molecular weight is 280 g/mol.